The van der Waals surface area contributed by atoms with Crippen molar-refractivity contribution in [2.75, 3.05) is 0 Å². The largest absolute Gasteiger partial charge is 0.539 e. The predicted octanol–water partition coefficient (Wildman–Crippen LogP) is 0.773. The molecule has 0 saturated heterocycles. The maximum atomic E-state index is 11.8. The number of para-hydroxylation sites is 1. The van der Waals surface area contributed by atoms with Gasteiger partial charge < -0.3 is 9.63 Å². The van der Waals surface area contributed by atoms with Crippen molar-refractivity contribution in [1.82, 2.24) is 5.27 Å². The van der Waals surface area contributed by atoms with E-state index in [0.29, 0.717) is 16.6 Å². The van der Waals surface area contributed by atoms with Crippen LogP contribution in [-0.4, -0.2) is 19.1 Å². The molecule has 0 aliphatic carbocycles. The van der Waals surface area contributed by atoms with E-state index in [1.165, 1.54) is 11.6 Å². The van der Waals surface area contributed by atoms with E-state index in [4.69, 9.17) is 4.52 Å². The molecule has 1 aromatic carbocycles. The summed E-state index contributed by atoms with van der Waals surface area (Å²) in [7, 11) is -1.93. The summed E-state index contributed by atoms with van der Waals surface area (Å²) in [6, 6.07) is 7.08. The van der Waals surface area contributed by atoms with Gasteiger partial charge in [0.2, 0.25) is 11.0 Å². The average Bonchev–Trinajstić information content (AvgIpc) is 2.70. The van der Waals surface area contributed by atoms with Gasteiger partial charge in [0, 0.05) is 6.07 Å². The smallest absolute Gasteiger partial charge is 0.249 e. The van der Waals surface area contributed by atoms with Gasteiger partial charge in [-0.25, -0.2) is 0 Å². The van der Waals surface area contributed by atoms with Crippen molar-refractivity contribution in [3.05, 3.63) is 29.8 Å². The summed E-state index contributed by atoms with van der Waals surface area (Å²) < 4.78 is 6.27. The van der Waals surface area contributed by atoms with E-state index in [0.717, 1.165) is 0 Å². The normalized spacial score (nSPS) is 11.6. The first-order valence-corrected chi connectivity index (χ1v) is 9.52. The van der Waals surface area contributed by atoms with Crippen LogP contribution in [0.2, 0.25) is 19.6 Å². The minimum atomic E-state index is -1.93. The Balaban J connectivity index is 2.71. The molecule has 100 valence electrons. The second kappa shape index (κ2) is 4.62. The molecule has 0 unspecified atom stereocenters. The first-order valence-electron chi connectivity index (χ1n) is 6.02. The number of carbonyl (C=O) groups excluding carboxylic acids is 1. The summed E-state index contributed by atoms with van der Waals surface area (Å²) in [5.41, 5.74) is 1.12. The molecule has 2 rings (SSSR count). The summed E-state index contributed by atoms with van der Waals surface area (Å²) in [6.45, 7) is 7.60. The molecule has 2 aromatic rings. The molecule has 1 aromatic heterocycles. The lowest BCUT2D eigenvalue weighted by molar-refractivity contribution is -0.655. The van der Waals surface area contributed by atoms with Crippen LogP contribution >= 0.6 is 0 Å². The Labute approximate surface area is 112 Å². The Bertz CT molecular complexity index is 629. The van der Waals surface area contributed by atoms with E-state index < -0.39 is 14.0 Å². The van der Waals surface area contributed by atoms with E-state index in [1.54, 1.807) is 18.2 Å². The Kier molecular flexibility index (Phi) is 3.28. The Morgan fingerprint density at radius 1 is 1.32 bits per heavy atom. The highest BCUT2D eigenvalue weighted by atomic mass is 28.3. The molecule has 0 bridgehead atoms. The molecule has 0 aliphatic heterocycles. The predicted molar refractivity (Wildman–Crippen MR) is 70.5 cm³/mol. The fourth-order valence-electron chi connectivity index (χ4n) is 1.99. The first-order chi connectivity index (χ1) is 8.82. The number of aromatic nitrogens is 2. The number of rotatable bonds is 3. The molecule has 0 N–H and O–H groups in total. The zero-order chi connectivity index (χ0) is 14.2. The van der Waals surface area contributed by atoms with Gasteiger partial charge >= 0.3 is 0 Å². The Hall–Kier alpha value is -1.95. The van der Waals surface area contributed by atoms with Gasteiger partial charge in [-0.2, -0.15) is 0 Å². The molecule has 0 aliphatic rings. The zero-order valence-corrected chi connectivity index (χ0v) is 12.4. The summed E-state index contributed by atoms with van der Waals surface area (Å²) in [5.74, 6) is -0.488. The first kappa shape index (κ1) is 13.5. The molecule has 1 heterocycles. The van der Waals surface area contributed by atoms with Gasteiger partial charge in [-0.15, -0.1) is 0 Å². The number of benzene rings is 1. The van der Waals surface area contributed by atoms with Crippen molar-refractivity contribution in [2.45, 2.75) is 26.6 Å². The highest BCUT2D eigenvalue weighted by Gasteiger charge is 2.35. The fraction of sp³-hybridized carbons (Fsp3) is 0.308. The number of nitrogens with zero attached hydrogens (tertiary/aromatic N) is 2. The molecule has 0 atom stereocenters. The number of hydrogen-bond donors (Lipinski definition) is 0. The highest BCUT2D eigenvalue weighted by molar-refractivity contribution is 6.88. The highest BCUT2D eigenvalue weighted by Crippen LogP contribution is 2.12. The third-order valence-electron chi connectivity index (χ3n) is 2.83. The lowest BCUT2D eigenvalue weighted by atomic mass is 10.1. The van der Waals surface area contributed by atoms with Gasteiger partial charge in [0.15, 0.2) is 13.9 Å². The second-order valence-electron chi connectivity index (χ2n) is 5.44. The Morgan fingerprint density at radius 3 is 2.53 bits per heavy atom. The maximum absolute atomic E-state index is 11.8. The molecular weight excluding hydrogens is 260 g/mol. The number of ketones is 1. The minimum Gasteiger partial charge on any atom is -0.539 e. The topological polar surface area (TPSA) is 70.0 Å². The Morgan fingerprint density at radius 2 is 1.95 bits per heavy atom. The van der Waals surface area contributed by atoms with Crippen molar-refractivity contribution in [3.63, 3.8) is 0 Å². The van der Waals surface area contributed by atoms with Gasteiger partial charge in [-0.1, -0.05) is 31.8 Å². The van der Waals surface area contributed by atoms with E-state index in [9.17, 15) is 9.90 Å². The van der Waals surface area contributed by atoms with Gasteiger partial charge in [0.05, 0.1) is 10.8 Å². The summed E-state index contributed by atoms with van der Waals surface area (Å²) in [4.78, 5) is 11.7. The van der Waals surface area contributed by atoms with E-state index in [2.05, 4.69) is 5.27 Å². The van der Waals surface area contributed by atoms with Crippen molar-refractivity contribution >= 4 is 19.2 Å². The maximum Gasteiger partial charge on any atom is 0.249 e. The summed E-state index contributed by atoms with van der Waals surface area (Å²) in [5, 5.41) is 16.2. The molecule has 0 spiro atoms. The molecule has 5 nitrogen and oxygen atoms in total. The molecule has 0 amide bonds. The SMILES string of the molecule is CC(=O)c1ccccc1-[n+]1noc([O-])c1[Si](C)(C)C. The summed E-state index contributed by atoms with van der Waals surface area (Å²) >= 11 is 0. The van der Waals surface area contributed by atoms with Crippen molar-refractivity contribution in [1.29, 1.82) is 0 Å². The van der Waals surface area contributed by atoms with Crippen LogP contribution < -0.4 is 15.1 Å². The van der Waals surface area contributed by atoms with Crippen LogP contribution in [0.3, 0.4) is 0 Å². The van der Waals surface area contributed by atoms with Crippen LogP contribution in [-0.2, 0) is 0 Å². The third-order valence-corrected chi connectivity index (χ3v) is 4.67. The van der Waals surface area contributed by atoms with Crippen molar-refractivity contribution in [2.24, 2.45) is 0 Å². The van der Waals surface area contributed by atoms with E-state index in [-0.39, 0.29) is 5.78 Å². The lowest BCUT2D eigenvalue weighted by Gasteiger charge is -2.11. The van der Waals surface area contributed by atoms with E-state index >= 15 is 0 Å². The van der Waals surface area contributed by atoms with Gasteiger partial charge in [0.25, 0.3) is 0 Å². The molecule has 0 saturated carbocycles. The number of carbonyl (C=O) groups is 1. The molecule has 0 radical (unpaired) electrons. The van der Waals surface area contributed by atoms with Crippen LogP contribution in [0.15, 0.2) is 28.8 Å². The average molecular weight is 276 g/mol. The molecule has 6 heteroatoms. The number of Topliss-reactive ketones (excluding diaryl/α,β-unsaturated/α-hetero) is 1. The van der Waals surface area contributed by atoms with Crippen molar-refractivity contribution in [3.8, 4) is 11.6 Å². The van der Waals surface area contributed by atoms with Gasteiger partial charge in [-0.3, -0.25) is 4.79 Å². The fourth-order valence-corrected chi connectivity index (χ4v) is 3.45. The van der Waals surface area contributed by atoms with Gasteiger partial charge in [0.1, 0.15) is 5.95 Å². The molecule has 0 fully saturated rings. The molecule has 19 heavy (non-hydrogen) atoms. The van der Waals surface area contributed by atoms with Crippen LogP contribution in [0.4, 0.5) is 0 Å². The number of hydrogen-bond acceptors (Lipinski definition) is 4. The van der Waals surface area contributed by atoms with Crippen LogP contribution in [0, 0.1) is 0 Å². The van der Waals surface area contributed by atoms with Crippen molar-refractivity contribution < 1.29 is 19.1 Å². The third kappa shape index (κ3) is 2.44. The zero-order valence-electron chi connectivity index (χ0n) is 11.4. The molecular formula is C13H16N2O3Si. The van der Waals surface area contributed by atoms with E-state index in [1.807, 2.05) is 25.7 Å². The quantitative estimate of drug-likeness (QED) is 0.472. The minimum absolute atomic E-state index is 0.0694. The standard InChI is InChI=1S/C13H16N2O3Si/c1-9(16)10-7-5-6-8-11(10)15-12(19(2,3)4)13(17)18-14-15/h5-8H,1-4H3. The second-order valence-corrected chi connectivity index (χ2v) is 10.4. The van der Waals surface area contributed by atoms with Crippen LogP contribution in [0.5, 0.6) is 5.95 Å². The van der Waals surface area contributed by atoms with Crippen LogP contribution in [0.25, 0.3) is 5.69 Å². The van der Waals surface area contributed by atoms with Gasteiger partial charge in [-0.05, 0) is 17.7 Å². The monoisotopic (exact) mass is 276 g/mol. The van der Waals surface area contributed by atoms with Crippen LogP contribution in [0.1, 0.15) is 17.3 Å². The lowest BCUT2D eigenvalue weighted by Crippen LogP contribution is -2.59. The summed E-state index contributed by atoms with van der Waals surface area (Å²) in [6.07, 6.45) is 0.